The minimum atomic E-state index is -2.89. The van der Waals surface area contributed by atoms with Gasteiger partial charge in [-0.1, -0.05) is 12.1 Å². The molecule has 0 radical (unpaired) electrons. The van der Waals surface area contributed by atoms with Crippen LogP contribution in [-0.4, -0.2) is 42.4 Å². The van der Waals surface area contributed by atoms with Crippen molar-refractivity contribution in [1.82, 2.24) is 4.90 Å². The highest BCUT2D eigenvalue weighted by Gasteiger charge is 2.21. The highest BCUT2D eigenvalue weighted by atomic mass is 19.3. The van der Waals surface area contributed by atoms with E-state index in [1.165, 1.54) is 0 Å². The number of piperidine rings is 1. The summed E-state index contributed by atoms with van der Waals surface area (Å²) >= 11 is 0. The molecule has 1 aliphatic heterocycles. The molecule has 1 N–H and O–H groups in total. The van der Waals surface area contributed by atoms with Crippen LogP contribution in [0.4, 0.5) is 8.78 Å². The monoisotopic (exact) mass is 301 g/mol. The Balaban J connectivity index is 2.18. The van der Waals surface area contributed by atoms with Gasteiger partial charge >= 0.3 is 6.61 Å². The van der Waals surface area contributed by atoms with Crippen LogP contribution in [0.3, 0.4) is 0 Å². The predicted octanol–water partition coefficient (Wildman–Crippen LogP) is 2.64. The van der Waals surface area contributed by atoms with Crippen molar-refractivity contribution < 1.29 is 23.4 Å². The molecule has 0 spiro atoms. The fourth-order valence-corrected chi connectivity index (χ4v) is 2.59. The summed E-state index contributed by atoms with van der Waals surface area (Å²) in [6.07, 6.45) is 1.33. The first kappa shape index (κ1) is 16.0. The minimum absolute atomic E-state index is 0.0920. The molecule has 0 amide bonds. The summed E-state index contributed by atoms with van der Waals surface area (Å²) in [6, 6.07) is 5.13. The quantitative estimate of drug-likeness (QED) is 0.877. The molecule has 1 fully saturated rings. The molecule has 1 atom stereocenters. The van der Waals surface area contributed by atoms with E-state index in [4.69, 9.17) is 4.74 Å². The molecule has 6 heteroatoms. The number of ether oxygens (including phenoxy) is 2. The first-order valence-electron chi connectivity index (χ1n) is 7.20. The van der Waals surface area contributed by atoms with Crippen LogP contribution in [0, 0.1) is 0 Å². The molecule has 0 bridgehead atoms. The topological polar surface area (TPSA) is 41.9 Å². The van der Waals surface area contributed by atoms with Crippen molar-refractivity contribution in [3.05, 3.63) is 23.8 Å². The lowest BCUT2D eigenvalue weighted by atomic mass is 10.1. The molecule has 1 aliphatic rings. The lowest BCUT2D eigenvalue weighted by molar-refractivity contribution is -0.0526. The molecule has 1 aromatic carbocycles. The fourth-order valence-electron chi connectivity index (χ4n) is 2.59. The Bertz CT molecular complexity index is 457. The first-order chi connectivity index (χ1) is 10.1. The maximum atomic E-state index is 12.6. The maximum Gasteiger partial charge on any atom is 0.387 e. The third-order valence-electron chi connectivity index (χ3n) is 3.44. The van der Waals surface area contributed by atoms with Crippen LogP contribution in [-0.2, 0) is 6.54 Å². The number of aliphatic hydroxyl groups is 1. The molecule has 21 heavy (non-hydrogen) atoms. The highest BCUT2D eigenvalue weighted by molar-refractivity contribution is 5.46. The molecule has 1 aromatic rings. The third kappa shape index (κ3) is 4.54. The zero-order valence-corrected chi connectivity index (χ0v) is 12.1. The number of para-hydroxylation sites is 1. The van der Waals surface area contributed by atoms with Gasteiger partial charge in [0.15, 0.2) is 11.5 Å². The zero-order valence-electron chi connectivity index (χ0n) is 12.1. The average molecular weight is 301 g/mol. The Morgan fingerprint density at radius 3 is 2.90 bits per heavy atom. The number of rotatable bonds is 6. The van der Waals surface area contributed by atoms with E-state index in [1.807, 2.05) is 4.90 Å². The minimum Gasteiger partial charge on any atom is -0.490 e. The van der Waals surface area contributed by atoms with Gasteiger partial charge in [-0.2, -0.15) is 8.78 Å². The highest BCUT2D eigenvalue weighted by Crippen LogP contribution is 2.34. The van der Waals surface area contributed by atoms with Crippen LogP contribution in [0.15, 0.2) is 18.2 Å². The van der Waals surface area contributed by atoms with Crippen molar-refractivity contribution in [3.63, 3.8) is 0 Å². The number of benzene rings is 1. The van der Waals surface area contributed by atoms with Crippen molar-refractivity contribution >= 4 is 0 Å². The summed E-state index contributed by atoms with van der Waals surface area (Å²) in [4.78, 5) is 2.04. The summed E-state index contributed by atoms with van der Waals surface area (Å²) in [7, 11) is 0. The van der Waals surface area contributed by atoms with Crippen LogP contribution < -0.4 is 9.47 Å². The second-order valence-electron chi connectivity index (χ2n) is 5.09. The molecule has 0 aliphatic carbocycles. The standard InChI is InChI=1S/C15H21F2NO3/c1-2-20-13-7-3-5-11(14(13)21-15(16)17)9-18-8-4-6-12(19)10-18/h3,5,7,12,15,19H,2,4,6,8-10H2,1H3. The fraction of sp³-hybridized carbons (Fsp3) is 0.600. The summed E-state index contributed by atoms with van der Waals surface area (Å²) < 4.78 is 35.3. The molecule has 1 unspecified atom stereocenters. The summed E-state index contributed by atoms with van der Waals surface area (Å²) in [5.41, 5.74) is 0.648. The van der Waals surface area contributed by atoms with E-state index in [-0.39, 0.29) is 11.9 Å². The van der Waals surface area contributed by atoms with E-state index in [1.54, 1.807) is 25.1 Å². The number of aliphatic hydroxyl groups excluding tert-OH is 1. The van der Waals surface area contributed by atoms with Crippen molar-refractivity contribution in [2.24, 2.45) is 0 Å². The lowest BCUT2D eigenvalue weighted by Gasteiger charge is -2.30. The number of alkyl halides is 2. The van der Waals surface area contributed by atoms with Gasteiger partial charge in [0, 0.05) is 18.7 Å². The van der Waals surface area contributed by atoms with Crippen molar-refractivity contribution in [2.45, 2.75) is 39.0 Å². The third-order valence-corrected chi connectivity index (χ3v) is 3.44. The van der Waals surface area contributed by atoms with Crippen molar-refractivity contribution in [2.75, 3.05) is 19.7 Å². The van der Waals surface area contributed by atoms with Gasteiger partial charge in [-0.05, 0) is 32.4 Å². The normalized spacial score (nSPS) is 19.8. The maximum absolute atomic E-state index is 12.6. The van der Waals surface area contributed by atoms with Gasteiger partial charge in [-0.25, -0.2) is 0 Å². The van der Waals surface area contributed by atoms with Crippen LogP contribution in [0.5, 0.6) is 11.5 Å². The van der Waals surface area contributed by atoms with E-state index in [9.17, 15) is 13.9 Å². The largest absolute Gasteiger partial charge is 0.490 e. The van der Waals surface area contributed by atoms with Crippen LogP contribution in [0.2, 0.25) is 0 Å². The number of nitrogens with zero attached hydrogens (tertiary/aromatic N) is 1. The molecular weight excluding hydrogens is 280 g/mol. The number of hydrogen-bond acceptors (Lipinski definition) is 4. The Hall–Kier alpha value is -1.40. The second-order valence-corrected chi connectivity index (χ2v) is 5.09. The Kier molecular flexibility index (Phi) is 5.76. The first-order valence-corrected chi connectivity index (χ1v) is 7.20. The SMILES string of the molecule is CCOc1cccc(CN2CCCC(O)C2)c1OC(F)F. The van der Waals surface area contributed by atoms with Gasteiger partial charge in [-0.15, -0.1) is 0 Å². The van der Waals surface area contributed by atoms with Gasteiger partial charge in [0.1, 0.15) is 0 Å². The van der Waals surface area contributed by atoms with Crippen LogP contribution >= 0.6 is 0 Å². The molecule has 118 valence electrons. The summed E-state index contributed by atoms with van der Waals surface area (Å²) in [5, 5.41) is 9.69. The molecule has 4 nitrogen and oxygen atoms in total. The van der Waals surface area contributed by atoms with E-state index in [2.05, 4.69) is 4.74 Å². The van der Waals surface area contributed by atoms with Gasteiger partial charge in [-0.3, -0.25) is 4.90 Å². The molecule has 2 rings (SSSR count). The average Bonchev–Trinajstić information content (AvgIpc) is 2.42. The van der Waals surface area contributed by atoms with E-state index < -0.39 is 6.61 Å². The number of β-amino-alcohol motifs (C(OH)–C–C–N with tert-alkyl or cyclic N) is 1. The van der Waals surface area contributed by atoms with E-state index >= 15 is 0 Å². The molecule has 0 saturated carbocycles. The zero-order chi connectivity index (χ0) is 15.2. The van der Waals surface area contributed by atoms with Crippen molar-refractivity contribution in [3.8, 4) is 11.5 Å². The summed E-state index contributed by atoms with van der Waals surface area (Å²) in [5.74, 6) is 0.419. The second kappa shape index (κ2) is 7.56. The summed E-state index contributed by atoms with van der Waals surface area (Å²) in [6.45, 7) is 1.12. The van der Waals surface area contributed by atoms with Crippen molar-refractivity contribution in [1.29, 1.82) is 0 Å². The van der Waals surface area contributed by atoms with Gasteiger partial charge in [0.25, 0.3) is 0 Å². The number of hydrogen-bond donors (Lipinski definition) is 1. The molecule has 1 saturated heterocycles. The number of halogens is 2. The lowest BCUT2D eigenvalue weighted by Crippen LogP contribution is -2.37. The predicted molar refractivity (Wildman–Crippen MR) is 74.8 cm³/mol. The molecular formula is C15H21F2NO3. The van der Waals surface area contributed by atoms with E-state index in [0.717, 1.165) is 19.4 Å². The smallest absolute Gasteiger partial charge is 0.387 e. The number of likely N-dealkylation sites (tertiary alicyclic amines) is 1. The molecule has 1 heterocycles. The van der Waals surface area contributed by atoms with Crippen LogP contribution in [0.1, 0.15) is 25.3 Å². The Labute approximate surface area is 123 Å². The Morgan fingerprint density at radius 2 is 2.24 bits per heavy atom. The van der Waals surface area contributed by atoms with Gasteiger partial charge < -0.3 is 14.6 Å². The van der Waals surface area contributed by atoms with Crippen LogP contribution in [0.25, 0.3) is 0 Å². The Morgan fingerprint density at radius 1 is 1.43 bits per heavy atom. The van der Waals surface area contributed by atoms with Gasteiger partial charge in [0.2, 0.25) is 0 Å². The van der Waals surface area contributed by atoms with E-state index in [0.29, 0.717) is 31.0 Å². The van der Waals surface area contributed by atoms with Gasteiger partial charge in [0.05, 0.1) is 12.7 Å². The molecule has 0 aromatic heterocycles.